The third kappa shape index (κ3) is 6.11. The van der Waals surface area contributed by atoms with Gasteiger partial charge in [0.25, 0.3) is 0 Å². The van der Waals surface area contributed by atoms with Crippen LogP contribution in [-0.2, 0) is 0 Å². The molecule has 0 N–H and O–H groups in total. The lowest BCUT2D eigenvalue weighted by molar-refractivity contribution is 0.203. The van der Waals surface area contributed by atoms with E-state index in [9.17, 15) is 0 Å². The van der Waals surface area contributed by atoms with Crippen LogP contribution in [0.2, 0.25) is 0 Å². The Morgan fingerprint density at radius 3 is 2.22 bits per heavy atom. The zero-order valence-electron chi connectivity index (χ0n) is 10.8. The van der Waals surface area contributed by atoms with Crippen molar-refractivity contribution in [1.82, 2.24) is 0 Å². The Morgan fingerprint density at radius 2 is 1.67 bits per heavy atom. The molecule has 1 aromatic rings. The summed E-state index contributed by atoms with van der Waals surface area (Å²) >= 11 is 7.07. The standard InChI is InChI=1S/C14H19I3O/c1-3-4-5-6-7-10(2)18-14-12(16)8-11(15)9-13(14)17/h8-10H,3-7H2,1-2H3/t10-/m1/s1. The van der Waals surface area contributed by atoms with Gasteiger partial charge in [-0.3, -0.25) is 0 Å². The van der Waals surface area contributed by atoms with Crippen LogP contribution in [0.3, 0.4) is 0 Å². The summed E-state index contributed by atoms with van der Waals surface area (Å²) < 4.78 is 9.79. The van der Waals surface area contributed by atoms with Gasteiger partial charge in [-0.05, 0) is 99.7 Å². The van der Waals surface area contributed by atoms with Gasteiger partial charge >= 0.3 is 0 Å². The van der Waals surface area contributed by atoms with Crippen molar-refractivity contribution in [2.75, 3.05) is 0 Å². The number of rotatable bonds is 7. The third-order valence-electron chi connectivity index (χ3n) is 2.75. The third-order valence-corrected chi connectivity index (χ3v) is 4.97. The number of hydrogen-bond acceptors (Lipinski definition) is 1. The minimum Gasteiger partial charge on any atom is -0.488 e. The van der Waals surface area contributed by atoms with Crippen LogP contribution in [0.5, 0.6) is 5.75 Å². The number of ether oxygens (including phenoxy) is 1. The molecule has 102 valence electrons. The van der Waals surface area contributed by atoms with Crippen molar-refractivity contribution in [2.45, 2.75) is 52.1 Å². The highest BCUT2D eigenvalue weighted by Gasteiger charge is 2.11. The molecule has 0 aliphatic rings. The average Bonchev–Trinajstić information content (AvgIpc) is 2.29. The topological polar surface area (TPSA) is 9.23 Å². The lowest BCUT2D eigenvalue weighted by Gasteiger charge is -2.17. The second-order valence-corrected chi connectivity index (χ2v) is 8.05. The van der Waals surface area contributed by atoms with Crippen molar-refractivity contribution in [3.8, 4) is 5.75 Å². The van der Waals surface area contributed by atoms with Crippen molar-refractivity contribution < 1.29 is 4.74 Å². The van der Waals surface area contributed by atoms with Crippen LogP contribution in [0.1, 0.15) is 46.0 Å². The summed E-state index contributed by atoms with van der Waals surface area (Å²) in [5.41, 5.74) is 0. The van der Waals surface area contributed by atoms with Crippen LogP contribution >= 0.6 is 67.8 Å². The van der Waals surface area contributed by atoms with Gasteiger partial charge in [0.05, 0.1) is 13.2 Å². The first-order valence-corrected chi connectivity index (χ1v) is 9.59. The highest BCUT2D eigenvalue weighted by Crippen LogP contribution is 2.30. The fourth-order valence-corrected chi connectivity index (χ4v) is 5.60. The Balaban J connectivity index is 2.51. The second-order valence-electron chi connectivity index (χ2n) is 4.48. The maximum absolute atomic E-state index is 6.09. The molecule has 0 aliphatic heterocycles. The van der Waals surface area contributed by atoms with Gasteiger partial charge in [0.2, 0.25) is 0 Å². The smallest absolute Gasteiger partial charge is 0.146 e. The zero-order chi connectivity index (χ0) is 13.5. The molecule has 1 aromatic carbocycles. The van der Waals surface area contributed by atoms with Crippen LogP contribution in [0.4, 0.5) is 0 Å². The first kappa shape index (κ1) is 17.3. The molecule has 18 heavy (non-hydrogen) atoms. The van der Waals surface area contributed by atoms with E-state index in [1.54, 1.807) is 0 Å². The van der Waals surface area contributed by atoms with E-state index in [1.807, 2.05) is 0 Å². The van der Waals surface area contributed by atoms with Crippen LogP contribution in [0.25, 0.3) is 0 Å². The Bertz CT molecular complexity index is 356. The van der Waals surface area contributed by atoms with Crippen LogP contribution < -0.4 is 4.74 Å². The quantitative estimate of drug-likeness (QED) is 0.273. The number of benzene rings is 1. The SMILES string of the molecule is CCCCCC[C@@H](C)Oc1c(I)cc(I)cc1I. The van der Waals surface area contributed by atoms with Gasteiger partial charge in [0.15, 0.2) is 0 Å². The Labute approximate surface area is 151 Å². The van der Waals surface area contributed by atoms with Gasteiger partial charge in [-0.25, -0.2) is 0 Å². The highest BCUT2D eigenvalue weighted by atomic mass is 127. The van der Waals surface area contributed by atoms with E-state index in [4.69, 9.17) is 4.74 Å². The molecule has 0 heterocycles. The molecule has 0 saturated heterocycles. The van der Waals surface area contributed by atoms with Gasteiger partial charge in [-0.2, -0.15) is 0 Å². The molecular formula is C14H19I3O. The Hall–Kier alpha value is 1.21. The molecule has 0 aliphatic carbocycles. The molecule has 0 radical (unpaired) electrons. The number of halogens is 3. The van der Waals surface area contributed by atoms with Crippen molar-refractivity contribution in [1.29, 1.82) is 0 Å². The van der Waals surface area contributed by atoms with Crippen LogP contribution in [0.15, 0.2) is 12.1 Å². The van der Waals surface area contributed by atoms with E-state index in [-0.39, 0.29) is 0 Å². The van der Waals surface area contributed by atoms with Crippen LogP contribution in [0, 0.1) is 10.7 Å². The first-order chi connectivity index (χ1) is 8.54. The minimum absolute atomic E-state index is 0.309. The lowest BCUT2D eigenvalue weighted by Crippen LogP contribution is -2.13. The number of unbranched alkanes of at least 4 members (excludes halogenated alkanes) is 3. The predicted molar refractivity (Wildman–Crippen MR) is 103 cm³/mol. The minimum atomic E-state index is 0.309. The Kier molecular flexibility index (Phi) is 8.82. The molecule has 0 unspecified atom stereocenters. The predicted octanol–water partition coefficient (Wildman–Crippen LogP) is 6.24. The van der Waals surface area contributed by atoms with Crippen molar-refractivity contribution in [2.24, 2.45) is 0 Å². The summed E-state index contributed by atoms with van der Waals surface area (Å²) in [7, 11) is 0. The molecule has 4 heteroatoms. The zero-order valence-corrected chi connectivity index (χ0v) is 17.3. The van der Waals surface area contributed by atoms with E-state index < -0.39 is 0 Å². The van der Waals surface area contributed by atoms with Gasteiger partial charge in [0.1, 0.15) is 5.75 Å². The molecule has 0 fully saturated rings. The first-order valence-electron chi connectivity index (χ1n) is 6.35. The normalized spacial score (nSPS) is 12.5. The molecule has 0 saturated carbocycles. The average molecular weight is 584 g/mol. The molecule has 0 spiro atoms. The Morgan fingerprint density at radius 1 is 1.06 bits per heavy atom. The highest BCUT2D eigenvalue weighted by molar-refractivity contribution is 14.1. The van der Waals surface area contributed by atoms with Crippen molar-refractivity contribution in [3.63, 3.8) is 0 Å². The summed E-state index contributed by atoms with van der Waals surface area (Å²) in [6.07, 6.45) is 6.69. The molecule has 0 amide bonds. The molecule has 1 nitrogen and oxygen atoms in total. The summed E-state index contributed by atoms with van der Waals surface area (Å²) in [4.78, 5) is 0. The maximum atomic E-state index is 6.09. The van der Waals surface area contributed by atoms with Crippen LogP contribution in [-0.4, -0.2) is 6.10 Å². The number of hydrogen-bond donors (Lipinski definition) is 0. The second kappa shape index (κ2) is 9.20. The monoisotopic (exact) mass is 584 g/mol. The van der Waals surface area contributed by atoms with Gasteiger partial charge in [0, 0.05) is 3.57 Å². The maximum Gasteiger partial charge on any atom is 0.146 e. The van der Waals surface area contributed by atoms with Gasteiger partial charge < -0.3 is 4.74 Å². The summed E-state index contributed by atoms with van der Waals surface area (Å²) in [5.74, 6) is 1.06. The van der Waals surface area contributed by atoms with Gasteiger partial charge in [-0.1, -0.05) is 26.2 Å². The van der Waals surface area contributed by atoms with Crippen molar-refractivity contribution >= 4 is 67.8 Å². The molecule has 0 aromatic heterocycles. The van der Waals surface area contributed by atoms with E-state index in [0.29, 0.717) is 6.10 Å². The molecular weight excluding hydrogens is 565 g/mol. The van der Waals surface area contributed by atoms with E-state index in [2.05, 4.69) is 93.8 Å². The fraction of sp³-hybridized carbons (Fsp3) is 0.571. The molecule has 1 atom stereocenters. The van der Waals surface area contributed by atoms with Crippen molar-refractivity contribution in [3.05, 3.63) is 22.8 Å². The largest absolute Gasteiger partial charge is 0.488 e. The molecule has 0 bridgehead atoms. The van der Waals surface area contributed by atoms with E-state index >= 15 is 0 Å². The summed E-state index contributed by atoms with van der Waals surface area (Å²) in [5, 5.41) is 0. The van der Waals surface area contributed by atoms with E-state index in [1.165, 1.54) is 36.4 Å². The van der Waals surface area contributed by atoms with E-state index in [0.717, 1.165) is 12.2 Å². The molecule has 1 rings (SSSR count). The van der Waals surface area contributed by atoms with Gasteiger partial charge in [-0.15, -0.1) is 0 Å². The lowest BCUT2D eigenvalue weighted by atomic mass is 10.1. The fourth-order valence-electron chi connectivity index (χ4n) is 1.76. The summed E-state index contributed by atoms with van der Waals surface area (Å²) in [6, 6.07) is 4.34. The summed E-state index contributed by atoms with van der Waals surface area (Å²) in [6.45, 7) is 4.42.